The summed E-state index contributed by atoms with van der Waals surface area (Å²) in [5.41, 5.74) is 1.13. The first-order chi connectivity index (χ1) is 10.3. The zero-order valence-electron chi connectivity index (χ0n) is 12.3. The maximum atomic E-state index is 12.5. The topological polar surface area (TPSA) is 61.4 Å². The molecule has 1 saturated carbocycles. The summed E-state index contributed by atoms with van der Waals surface area (Å²) in [6.45, 7) is 0.937. The first-order valence-corrected chi connectivity index (χ1v) is 7.96. The first kappa shape index (κ1) is 14.5. The number of carbonyl (C=O) groups is 1. The minimum atomic E-state index is -0.206. The van der Waals surface area contributed by atoms with Crippen LogP contribution >= 0.6 is 0 Å². The lowest BCUT2D eigenvalue weighted by Crippen LogP contribution is -2.49. The van der Waals surface area contributed by atoms with Crippen LogP contribution in [0.4, 0.5) is 0 Å². The molecule has 4 atom stereocenters. The van der Waals surface area contributed by atoms with Crippen LogP contribution in [0.3, 0.4) is 0 Å². The zero-order chi connectivity index (χ0) is 14.7. The van der Waals surface area contributed by atoms with Crippen LogP contribution in [-0.4, -0.2) is 36.2 Å². The van der Waals surface area contributed by atoms with Crippen molar-refractivity contribution >= 4 is 5.91 Å². The Hall–Kier alpha value is -1.39. The van der Waals surface area contributed by atoms with Gasteiger partial charge in [0.25, 0.3) is 0 Å². The molecular weight excluding hydrogens is 264 g/mol. The number of fused-ring (bicyclic) bond motifs is 1. The van der Waals surface area contributed by atoms with Gasteiger partial charge in [0.15, 0.2) is 0 Å². The van der Waals surface area contributed by atoms with E-state index in [2.05, 4.69) is 10.6 Å². The average Bonchev–Trinajstić information content (AvgIpc) is 3.10. The van der Waals surface area contributed by atoms with Crippen LogP contribution < -0.4 is 10.6 Å². The summed E-state index contributed by atoms with van der Waals surface area (Å²) < 4.78 is 0. The number of benzene rings is 1. The summed E-state index contributed by atoms with van der Waals surface area (Å²) in [6, 6.07) is 9.70. The maximum Gasteiger partial charge on any atom is 0.237 e. The van der Waals surface area contributed by atoms with E-state index in [4.69, 9.17) is 0 Å². The molecule has 0 bridgehead atoms. The summed E-state index contributed by atoms with van der Waals surface area (Å²) in [5, 5.41) is 15.9. The van der Waals surface area contributed by atoms with E-state index in [1.54, 1.807) is 0 Å². The number of aliphatic hydroxyl groups excluding tert-OH is 1. The molecule has 3 rings (SSSR count). The fraction of sp³-hybridized carbons (Fsp3) is 0.588. The lowest BCUT2D eigenvalue weighted by Gasteiger charge is -2.22. The molecule has 4 unspecified atom stereocenters. The molecule has 4 nitrogen and oxygen atoms in total. The zero-order valence-corrected chi connectivity index (χ0v) is 12.3. The van der Waals surface area contributed by atoms with Gasteiger partial charge in [0.05, 0.1) is 18.7 Å². The highest BCUT2D eigenvalue weighted by atomic mass is 16.3. The molecule has 1 aromatic carbocycles. The summed E-state index contributed by atoms with van der Waals surface area (Å²) in [5.74, 6) is 1.21. The van der Waals surface area contributed by atoms with Crippen molar-refractivity contribution in [3.8, 4) is 0 Å². The van der Waals surface area contributed by atoms with Crippen LogP contribution in [0.5, 0.6) is 0 Å². The summed E-state index contributed by atoms with van der Waals surface area (Å²) in [4.78, 5) is 12.5. The van der Waals surface area contributed by atoms with Gasteiger partial charge in [-0.15, -0.1) is 0 Å². The molecule has 114 valence electrons. The standard InChI is InChI=1S/C17H24N2O2/c20-11-14(9-12-5-2-1-3-6-12)19-17(21)16-15-8-4-7-13(15)10-18-16/h1-3,5-6,13-16,18,20H,4,7-11H2,(H,19,21). The molecule has 3 N–H and O–H groups in total. The Kier molecular flexibility index (Phi) is 4.56. The summed E-state index contributed by atoms with van der Waals surface area (Å²) in [7, 11) is 0. The van der Waals surface area contributed by atoms with Crippen LogP contribution in [-0.2, 0) is 11.2 Å². The molecule has 1 aromatic rings. The van der Waals surface area contributed by atoms with Crippen LogP contribution in [0.25, 0.3) is 0 Å². The molecular formula is C17H24N2O2. The molecule has 1 amide bonds. The third kappa shape index (κ3) is 3.27. The van der Waals surface area contributed by atoms with Crippen molar-refractivity contribution in [3.05, 3.63) is 35.9 Å². The molecule has 1 aliphatic heterocycles. The molecule has 1 saturated heterocycles. The van der Waals surface area contributed by atoms with Gasteiger partial charge >= 0.3 is 0 Å². The second kappa shape index (κ2) is 6.58. The van der Waals surface area contributed by atoms with Gasteiger partial charge < -0.3 is 15.7 Å². The van der Waals surface area contributed by atoms with Gasteiger partial charge in [0.1, 0.15) is 0 Å². The van der Waals surface area contributed by atoms with E-state index in [-0.39, 0.29) is 24.6 Å². The first-order valence-electron chi connectivity index (χ1n) is 7.96. The lowest BCUT2D eigenvalue weighted by atomic mass is 9.93. The van der Waals surface area contributed by atoms with E-state index in [9.17, 15) is 9.90 Å². The van der Waals surface area contributed by atoms with Gasteiger partial charge in [0, 0.05) is 0 Å². The molecule has 21 heavy (non-hydrogen) atoms. The normalized spacial score (nSPS) is 29.1. The highest BCUT2D eigenvalue weighted by Crippen LogP contribution is 2.37. The third-order valence-electron chi connectivity index (χ3n) is 4.92. The second-order valence-electron chi connectivity index (χ2n) is 6.32. The van der Waals surface area contributed by atoms with Gasteiger partial charge in [-0.25, -0.2) is 0 Å². The third-order valence-corrected chi connectivity index (χ3v) is 4.92. The molecule has 0 radical (unpaired) electrons. The maximum absolute atomic E-state index is 12.5. The van der Waals surface area contributed by atoms with Crippen molar-refractivity contribution < 1.29 is 9.90 Å². The Morgan fingerprint density at radius 2 is 2.14 bits per heavy atom. The van der Waals surface area contributed by atoms with Crippen molar-refractivity contribution in [1.29, 1.82) is 0 Å². The van der Waals surface area contributed by atoms with Crippen molar-refractivity contribution in [2.24, 2.45) is 11.8 Å². The number of nitrogens with one attached hydrogen (secondary N) is 2. The predicted octanol–water partition coefficient (Wildman–Crippen LogP) is 1.09. The van der Waals surface area contributed by atoms with E-state index in [0.717, 1.165) is 18.5 Å². The van der Waals surface area contributed by atoms with Crippen molar-refractivity contribution in [2.45, 2.75) is 37.8 Å². The number of carbonyl (C=O) groups excluding carboxylic acids is 1. The fourth-order valence-electron chi connectivity index (χ4n) is 3.83. The van der Waals surface area contributed by atoms with Crippen LogP contribution in [0.2, 0.25) is 0 Å². The Bertz CT molecular complexity index is 477. The van der Waals surface area contributed by atoms with E-state index in [1.165, 1.54) is 12.8 Å². The van der Waals surface area contributed by atoms with Crippen LogP contribution in [0.15, 0.2) is 30.3 Å². The SMILES string of the molecule is O=C(NC(CO)Cc1ccccc1)C1NCC2CCCC21. The van der Waals surface area contributed by atoms with E-state index < -0.39 is 0 Å². The number of rotatable bonds is 5. The average molecular weight is 288 g/mol. The van der Waals surface area contributed by atoms with Crippen molar-refractivity contribution in [3.63, 3.8) is 0 Å². The number of hydrogen-bond acceptors (Lipinski definition) is 3. The number of amides is 1. The smallest absolute Gasteiger partial charge is 0.237 e. The highest BCUT2D eigenvalue weighted by Gasteiger charge is 2.42. The van der Waals surface area contributed by atoms with Gasteiger partial charge in [-0.3, -0.25) is 4.79 Å². The lowest BCUT2D eigenvalue weighted by molar-refractivity contribution is -0.124. The van der Waals surface area contributed by atoms with Crippen LogP contribution in [0.1, 0.15) is 24.8 Å². The van der Waals surface area contributed by atoms with E-state index in [1.807, 2.05) is 30.3 Å². The minimum Gasteiger partial charge on any atom is -0.394 e. The molecule has 2 aliphatic rings. The summed E-state index contributed by atoms with van der Waals surface area (Å²) in [6.07, 6.45) is 4.31. The Morgan fingerprint density at radius 3 is 2.90 bits per heavy atom. The van der Waals surface area contributed by atoms with Gasteiger partial charge in [0.2, 0.25) is 5.91 Å². The Morgan fingerprint density at radius 1 is 1.33 bits per heavy atom. The molecule has 0 aromatic heterocycles. The van der Waals surface area contributed by atoms with E-state index >= 15 is 0 Å². The largest absolute Gasteiger partial charge is 0.394 e. The molecule has 2 fully saturated rings. The molecule has 0 spiro atoms. The van der Waals surface area contributed by atoms with E-state index in [0.29, 0.717) is 18.3 Å². The quantitative estimate of drug-likeness (QED) is 0.760. The monoisotopic (exact) mass is 288 g/mol. The van der Waals surface area contributed by atoms with Gasteiger partial charge in [-0.05, 0) is 43.2 Å². The van der Waals surface area contributed by atoms with Crippen molar-refractivity contribution in [2.75, 3.05) is 13.2 Å². The number of aliphatic hydroxyl groups is 1. The Balaban J connectivity index is 1.57. The Labute approximate surface area is 125 Å². The molecule has 1 heterocycles. The minimum absolute atomic E-state index is 0.0263. The van der Waals surface area contributed by atoms with Gasteiger partial charge in [-0.1, -0.05) is 36.8 Å². The molecule has 1 aliphatic carbocycles. The van der Waals surface area contributed by atoms with Gasteiger partial charge in [-0.2, -0.15) is 0 Å². The molecule has 4 heteroatoms. The fourth-order valence-corrected chi connectivity index (χ4v) is 3.83. The highest BCUT2D eigenvalue weighted by molar-refractivity contribution is 5.83. The second-order valence-corrected chi connectivity index (χ2v) is 6.32. The predicted molar refractivity (Wildman–Crippen MR) is 81.8 cm³/mol. The van der Waals surface area contributed by atoms with Crippen LogP contribution in [0, 0.1) is 11.8 Å². The number of hydrogen-bond donors (Lipinski definition) is 3. The van der Waals surface area contributed by atoms with Crippen molar-refractivity contribution in [1.82, 2.24) is 10.6 Å². The summed E-state index contributed by atoms with van der Waals surface area (Å²) >= 11 is 0.